The third kappa shape index (κ3) is 4.01. The number of carbonyl (C=O) groups is 2. The van der Waals surface area contributed by atoms with Crippen LogP contribution in [0.4, 0.5) is 0 Å². The molecule has 1 N–H and O–H groups in total. The molecule has 19 heavy (non-hydrogen) atoms. The average molecular weight is 267 g/mol. The Bertz CT molecular complexity index is 327. The smallest absolute Gasteiger partial charge is 0.243 e. The molecular weight excluding hydrogens is 242 g/mol. The van der Waals surface area contributed by atoms with Crippen molar-refractivity contribution >= 4 is 11.8 Å². The second-order valence-corrected chi connectivity index (χ2v) is 5.57. The van der Waals surface area contributed by atoms with Crippen molar-refractivity contribution < 1.29 is 9.59 Å². The lowest BCUT2D eigenvalue weighted by atomic mass is 10.2. The van der Waals surface area contributed by atoms with E-state index in [0.29, 0.717) is 25.6 Å². The van der Waals surface area contributed by atoms with Crippen molar-refractivity contribution in [2.75, 3.05) is 32.7 Å². The Labute approximate surface area is 115 Å². The molecule has 5 nitrogen and oxygen atoms in total. The minimum Gasteiger partial charge on any atom is -0.313 e. The molecule has 2 amide bonds. The van der Waals surface area contributed by atoms with Crippen molar-refractivity contribution in [3.05, 3.63) is 0 Å². The number of nitrogens with one attached hydrogen (secondary N) is 1. The fourth-order valence-electron chi connectivity index (χ4n) is 2.96. The molecule has 0 spiro atoms. The number of amides is 2. The molecule has 2 aliphatic heterocycles. The van der Waals surface area contributed by atoms with Gasteiger partial charge >= 0.3 is 0 Å². The van der Waals surface area contributed by atoms with E-state index in [-0.39, 0.29) is 11.8 Å². The van der Waals surface area contributed by atoms with Crippen molar-refractivity contribution in [1.82, 2.24) is 15.1 Å². The zero-order chi connectivity index (χ0) is 13.7. The minimum atomic E-state index is -0.0195. The summed E-state index contributed by atoms with van der Waals surface area (Å²) in [5, 5.41) is 3.46. The zero-order valence-corrected chi connectivity index (χ0v) is 11.9. The molecule has 5 heteroatoms. The molecule has 108 valence electrons. The molecule has 2 heterocycles. The fraction of sp³-hybridized carbons (Fsp3) is 0.857. The van der Waals surface area contributed by atoms with Crippen LogP contribution < -0.4 is 5.32 Å². The monoisotopic (exact) mass is 267 g/mol. The lowest BCUT2D eigenvalue weighted by Crippen LogP contribution is -2.45. The molecule has 2 fully saturated rings. The van der Waals surface area contributed by atoms with E-state index >= 15 is 0 Å². The van der Waals surface area contributed by atoms with Crippen molar-refractivity contribution in [3.8, 4) is 0 Å². The number of carbonyl (C=O) groups excluding carboxylic acids is 2. The van der Waals surface area contributed by atoms with Crippen LogP contribution in [0.5, 0.6) is 0 Å². The topological polar surface area (TPSA) is 52.7 Å². The van der Waals surface area contributed by atoms with E-state index in [2.05, 4.69) is 17.1 Å². The first-order valence-electron chi connectivity index (χ1n) is 7.49. The first-order valence-corrected chi connectivity index (χ1v) is 7.49. The first-order chi connectivity index (χ1) is 9.20. The molecule has 0 bridgehead atoms. The SMILES string of the molecule is CCCN(CC(=O)N1CCCC1=O)CC1CCCN1. The molecule has 0 aliphatic carbocycles. The van der Waals surface area contributed by atoms with Gasteiger partial charge in [-0.15, -0.1) is 0 Å². The van der Waals surface area contributed by atoms with Gasteiger partial charge in [-0.25, -0.2) is 0 Å². The van der Waals surface area contributed by atoms with Gasteiger partial charge in [0, 0.05) is 25.6 Å². The molecule has 0 aromatic carbocycles. The lowest BCUT2D eigenvalue weighted by molar-refractivity contribution is -0.142. The number of imide groups is 1. The van der Waals surface area contributed by atoms with Crippen LogP contribution in [-0.2, 0) is 9.59 Å². The molecule has 1 unspecified atom stereocenters. The van der Waals surface area contributed by atoms with Gasteiger partial charge in [-0.2, -0.15) is 0 Å². The molecule has 0 radical (unpaired) electrons. The first kappa shape index (κ1) is 14.5. The van der Waals surface area contributed by atoms with Gasteiger partial charge in [-0.1, -0.05) is 6.92 Å². The standard InChI is InChI=1S/C14H25N3O2/c1-2-8-16(10-12-5-3-7-15-12)11-14(19)17-9-4-6-13(17)18/h12,15H,2-11H2,1H3. The van der Waals surface area contributed by atoms with Crippen molar-refractivity contribution in [1.29, 1.82) is 0 Å². The Kier molecular flexibility index (Phi) is 5.34. The summed E-state index contributed by atoms with van der Waals surface area (Å²) in [4.78, 5) is 27.4. The number of hydrogen-bond donors (Lipinski definition) is 1. The number of rotatable bonds is 6. The van der Waals surface area contributed by atoms with Crippen LogP contribution in [0.25, 0.3) is 0 Å². The van der Waals surface area contributed by atoms with Crippen LogP contribution in [-0.4, -0.2) is 60.4 Å². The summed E-state index contributed by atoms with van der Waals surface area (Å²) >= 11 is 0. The van der Waals surface area contributed by atoms with Crippen molar-refractivity contribution in [2.45, 2.75) is 45.1 Å². The summed E-state index contributed by atoms with van der Waals surface area (Å²) in [7, 11) is 0. The lowest BCUT2D eigenvalue weighted by Gasteiger charge is -2.26. The van der Waals surface area contributed by atoms with Crippen LogP contribution in [0.1, 0.15) is 39.0 Å². The van der Waals surface area contributed by atoms with Crippen molar-refractivity contribution in [3.63, 3.8) is 0 Å². The highest BCUT2D eigenvalue weighted by molar-refractivity contribution is 5.97. The third-order valence-electron chi connectivity index (χ3n) is 3.91. The van der Waals surface area contributed by atoms with E-state index in [4.69, 9.17) is 0 Å². The number of likely N-dealkylation sites (tertiary alicyclic amines) is 1. The fourth-order valence-corrected chi connectivity index (χ4v) is 2.96. The highest BCUT2D eigenvalue weighted by Gasteiger charge is 2.28. The van der Waals surface area contributed by atoms with Gasteiger partial charge in [-0.05, 0) is 38.8 Å². The summed E-state index contributed by atoms with van der Waals surface area (Å²) < 4.78 is 0. The van der Waals surface area contributed by atoms with E-state index in [9.17, 15) is 9.59 Å². The Balaban J connectivity index is 1.84. The van der Waals surface area contributed by atoms with E-state index in [1.807, 2.05) is 0 Å². The molecule has 1 atom stereocenters. The molecular formula is C14H25N3O2. The highest BCUT2D eigenvalue weighted by Crippen LogP contribution is 2.12. The number of nitrogens with zero attached hydrogens (tertiary/aromatic N) is 2. The predicted octanol–water partition coefficient (Wildman–Crippen LogP) is 0.599. The second-order valence-electron chi connectivity index (χ2n) is 5.57. The zero-order valence-electron chi connectivity index (χ0n) is 11.9. The summed E-state index contributed by atoms with van der Waals surface area (Å²) in [6, 6.07) is 0.508. The van der Waals surface area contributed by atoms with Gasteiger partial charge in [0.15, 0.2) is 0 Å². The van der Waals surface area contributed by atoms with Crippen LogP contribution in [0, 0.1) is 0 Å². The molecule has 2 aliphatic rings. The van der Waals surface area contributed by atoms with Crippen LogP contribution in [0.3, 0.4) is 0 Å². The Hall–Kier alpha value is -0.940. The normalized spacial score (nSPS) is 23.6. The van der Waals surface area contributed by atoms with E-state index in [1.54, 1.807) is 0 Å². The van der Waals surface area contributed by atoms with E-state index in [0.717, 1.165) is 32.5 Å². The number of hydrogen-bond acceptors (Lipinski definition) is 4. The maximum Gasteiger partial charge on any atom is 0.243 e. The van der Waals surface area contributed by atoms with Gasteiger partial charge < -0.3 is 5.32 Å². The largest absolute Gasteiger partial charge is 0.313 e. The Morgan fingerprint density at radius 3 is 2.89 bits per heavy atom. The van der Waals surface area contributed by atoms with Crippen LogP contribution in [0.2, 0.25) is 0 Å². The third-order valence-corrected chi connectivity index (χ3v) is 3.91. The molecule has 2 rings (SSSR count). The van der Waals surface area contributed by atoms with Gasteiger partial charge in [0.05, 0.1) is 6.54 Å². The van der Waals surface area contributed by atoms with Gasteiger partial charge in [0.25, 0.3) is 0 Å². The van der Waals surface area contributed by atoms with Crippen LogP contribution in [0.15, 0.2) is 0 Å². The second kappa shape index (κ2) is 7.01. The molecule has 0 aromatic heterocycles. The quantitative estimate of drug-likeness (QED) is 0.766. The molecule has 0 aromatic rings. The van der Waals surface area contributed by atoms with E-state index < -0.39 is 0 Å². The Morgan fingerprint density at radius 2 is 2.32 bits per heavy atom. The van der Waals surface area contributed by atoms with Gasteiger partial charge in [0.1, 0.15) is 0 Å². The maximum atomic E-state index is 12.2. The van der Waals surface area contributed by atoms with Gasteiger partial charge in [0.2, 0.25) is 11.8 Å². The summed E-state index contributed by atoms with van der Waals surface area (Å²) in [5.74, 6) is -0.0191. The molecule has 0 saturated carbocycles. The summed E-state index contributed by atoms with van der Waals surface area (Å²) in [6.07, 6.45) is 4.81. The summed E-state index contributed by atoms with van der Waals surface area (Å²) in [5.41, 5.74) is 0. The predicted molar refractivity (Wildman–Crippen MR) is 73.7 cm³/mol. The van der Waals surface area contributed by atoms with Gasteiger partial charge in [-0.3, -0.25) is 19.4 Å². The van der Waals surface area contributed by atoms with Crippen molar-refractivity contribution in [2.24, 2.45) is 0 Å². The maximum absolute atomic E-state index is 12.2. The Morgan fingerprint density at radius 1 is 1.47 bits per heavy atom. The average Bonchev–Trinajstić information content (AvgIpc) is 3.00. The van der Waals surface area contributed by atoms with E-state index in [1.165, 1.54) is 17.7 Å². The van der Waals surface area contributed by atoms with Crippen LogP contribution >= 0.6 is 0 Å². The highest BCUT2D eigenvalue weighted by atomic mass is 16.2. The summed E-state index contributed by atoms with van der Waals surface area (Å²) in [6.45, 7) is 6.05. The minimum absolute atomic E-state index is 0.000407. The molecule has 2 saturated heterocycles.